The van der Waals surface area contributed by atoms with E-state index in [2.05, 4.69) is 10.6 Å². The monoisotopic (exact) mass is 423 g/mol. The lowest BCUT2D eigenvalue weighted by molar-refractivity contribution is -0.115. The summed E-state index contributed by atoms with van der Waals surface area (Å²) < 4.78 is 11.4. The molecule has 2 aliphatic rings. The number of hydrogen-bond donors (Lipinski definition) is 2. The Morgan fingerprint density at radius 1 is 1.06 bits per heavy atom. The summed E-state index contributed by atoms with van der Waals surface area (Å²) >= 11 is 0. The molecule has 0 aliphatic carbocycles. The van der Waals surface area contributed by atoms with Crippen LogP contribution in [0.5, 0.6) is 11.5 Å². The third-order valence-corrected chi connectivity index (χ3v) is 5.38. The van der Waals surface area contributed by atoms with Gasteiger partial charge in [-0.15, -0.1) is 0 Å². The Balaban J connectivity index is 1.47. The molecule has 0 spiro atoms. The number of anilines is 2. The van der Waals surface area contributed by atoms with Crippen molar-refractivity contribution >= 4 is 23.2 Å². The minimum atomic E-state index is -0.112. The van der Waals surface area contributed by atoms with Crippen LogP contribution in [0.4, 0.5) is 11.4 Å². The maximum absolute atomic E-state index is 12.8. The first kappa shape index (κ1) is 21.0. The molecule has 7 heteroatoms. The molecule has 0 unspecified atom stereocenters. The van der Waals surface area contributed by atoms with Gasteiger partial charge >= 0.3 is 0 Å². The molecule has 2 amide bonds. The Morgan fingerprint density at radius 3 is 2.68 bits per heavy atom. The predicted octanol–water partition coefficient (Wildman–Crippen LogP) is 3.38. The minimum absolute atomic E-state index is 0.0645. The summed E-state index contributed by atoms with van der Waals surface area (Å²) in [6.07, 6.45) is 2.56. The molecular formula is C24H29N3O4. The van der Waals surface area contributed by atoms with E-state index >= 15 is 0 Å². The number of nitrogens with one attached hydrogen (secondary N) is 2. The molecule has 2 aromatic rings. The van der Waals surface area contributed by atoms with Crippen molar-refractivity contribution in [3.05, 3.63) is 47.5 Å². The maximum atomic E-state index is 12.8. The zero-order valence-electron chi connectivity index (χ0n) is 18.1. The summed E-state index contributed by atoms with van der Waals surface area (Å²) in [5.74, 6) is 1.18. The first-order valence-electron chi connectivity index (χ1n) is 10.9. The van der Waals surface area contributed by atoms with Crippen molar-refractivity contribution in [2.24, 2.45) is 0 Å². The summed E-state index contributed by atoms with van der Waals surface area (Å²) in [6, 6.07) is 11.3. The highest BCUT2D eigenvalue weighted by Crippen LogP contribution is 2.33. The van der Waals surface area contributed by atoms with E-state index in [1.54, 1.807) is 6.07 Å². The van der Waals surface area contributed by atoms with E-state index in [1.165, 1.54) is 0 Å². The van der Waals surface area contributed by atoms with Gasteiger partial charge in [-0.1, -0.05) is 6.07 Å². The SMILES string of the molecule is CC(C)NC(=O)c1cccc2c1CCCN2CC(=O)Nc1ccc2c(c1)OCCCO2. The molecular weight excluding hydrogens is 394 g/mol. The zero-order chi connectivity index (χ0) is 21.8. The summed E-state index contributed by atoms with van der Waals surface area (Å²) in [6.45, 7) is 6.12. The fraction of sp³-hybridized carbons (Fsp3) is 0.417. The molecule has 0 saturated carbocycles. The molecule has 2 heterocycles. The molecule has 31 heavy (non-hydrogen) atoms. The van der Waals surface area contributed by atoms with Crippen molar-refractivity contribution < 1.29 is 19.1 Å². The Labute approximate surface area is 182 Å². The fourth-order valence-corrected chi connectivity index (χ4v) is 4.03. The lowest BCUT2D eigenvalue weighted by Gasteiger charge is -2.32. The summed E-state index contributed by atoms with van der Waals surface area (Å²) in [4.78, 5) is 27.4. The average Bonchev–Trinajstić information content (AvgIpc) is 2.98. The number of carbonyl (C=O) groups excluding carboxylic acids is 2. The summed E-state index contributed by atoms with van der Waals surface area (Å²) in [5.41, 5.74) is 3.34. The minimum Gasteiger partial charge on any atom is -0.490 e. The van der Waals surface area contributed by atoms with Gasteiger partial charge in [0, 0.05) is 42.0 Å². The van der Waals surface area contributed by atoms with Crippen LogP contribution >= 0.6 is 0 Å². The molecule has 7 nitrogen and oxygen atoms in total. The molecule has 0 atom stereocenters. The van der Waals surface area contributed by atoms with Crippen LogP contribution in [-0.2, 0) is 11.2 Å². The van der Waals surface area contributed by atoms with Gasteiger partial charge in [0.25, 0.3) is 5.91 Å². The van der Waals surface area contributed by atoms with Gasteiger partial charge in [-0.25, -0.2) is 0 Å². The Kier molecular flexibility index (Phi) is 6.30. The number of rotatable bonds is 5. The highest BCUT2D eigenvalue weighted by molar-refractivity contribution is 5.98. The first-order chi connectivity index (χ1) is 15.0. The molecule has 0 bridgehead atoms. The molecule has 0 fully saturated rings. The van der Waals surface area contributed by atoms with Crippen LogP contribution < -0.4 is 25.0 Å². The molecule has 164 valence electrons. The van der Waals surface area contributed by atoms with Gasteiger partial charge in [-0.2, -0.15) is 0 Å². The van der Waals surface area contributed by atoms with Crippen molar-refractivity contribution in [2.75, 3.05) is 36.5 Å². The largest absolute Gasteiger partial charge is 0.490 e. The molecule has 0 saturated heterocycles. The topological polar surface area (TPSA) is 79.9 Å². The molecule has 0 aromatic heterocycles. The van der Waals surface area contributed by atoms with E-state index in [4.69, 9.17) is 9.47 Å². The smallest absolute Gasteiger partial charge is 0.251 e. The first-order valence-corrected chi connectivity index (χ1v) is 10.9. The average molecular weight is 424 g/mol. The van der Waals surface area contributed by atoms with Gasteiger partial charge in [0.15, 0.2) is 11.5 Å². The number of benzene rings is 2. The van der Waals surface area contributed by atoms with Crippen LogP contribution in [0.2, 0.25) is 0 Å². The fourth-order valence-electron chi connectivity index (χ4n) is 4.03. The number of amides is 2. The van der Waals surface area contributed by atoms with E-state index in [0.29, 0.717) is 36.0 Å². The van der Waals surface area contributed by atoms with Crippen LogP contribution in [0, 0.1) is 0 Å². The van der Waals surface area contributed by atoms with Crippen LogP contribution in [0.3, 0.4) is 0 Å². The Morgan fingerprint density at radius 2 is 1.87 bits per heavy atom. The second-order valence-corrected chi connectivity index (χ2v) is 8.22. The normalized spacial score (nSPS) is 15.1. The number of nitrogens with zero attached hydrogens (tertiary/aromatic N) is 1. The van der Waals surface area contributed by atoms with Crippen molar-refractivity contribution in [2.45, 2.75) is 39.2 Å². The Bertz CT molecular complexity index is 973. The number of fused-ring (bicyclic) bond motifs is 2. The van der Waals surface area contributed by atoms with Crippen LogP contribution in [0.1, 0.15) is 42.6 Å². The van der Waals surface area contributed by atoms with Crippen LogP contribution in [-0.4, -0.2) is 44.2 Å². The van der Waals surface area contributed by atoms with Crippen molar-refractivity contribution in [3.63, 3.8) is 0 Å². The van der Waals surface area contributed by atoms with Crippen molar-refractivity contribution in [1.82, 2.24) is 5.32 Å². The van der Waals surface area contributed by atoms with Gasteiger partial charge in [-0.3, -0.25) is 9.59 Å². The standard InChI is InChI=1S/C24H29N3O4/c1-16(2)25-24(29)19-6-3-8-20-18(19)7-4-11-27(20)15-23(28)26-17-9-10-21-22(14-17)31-13-5-12-30-21/h3,6,8-10,14,16H,4-5,7,11-13,15H2,1-2H3,(H,25,29)(H,26,28). The van der Waals surface area contributed by atoms with E-state index in [9.17, 15) is 9.59 Å². The number of hydrogen-bond acceptors (Lipinski definition) is 5. The highest BCUT2D eigenvalue weighted by Gasteiger charge is 2.24. The van der Waals surface area contributed by atoms with Crippen molar-refractivity contribution in [3.8, 4) is 11.5 Å². The molecule has 4 rings (SSSR count). The van der Waals surface area contributed by atoms with Gasteiger partial charge in [0.05, 0.1) is 19.8 Å². The maximum Gasteiger partial charge on any atom is 0.251 e. The molecule has 2 aromatic carbocycles. The van der Waals surface area contributed by atoms with Crippen molar-refractivity contribution in [1.29, 1.82) is 0 Å². The summed E-state index contributed by atoms with van der Waals surface area (Å²) in [7, 11) is 0. The van der Waals surface area contributed by atoms with E-state index in [0.717, 1.165) is 37.1 Å². The molecule has 2 N–H and O–H groups in total. The van der Waals surface area contributed by atoms with Crippen LogP contribution in [0.25, 0.3) is 0 Å². The number of carbonyl (C=O) groups is 2. The quantitative estimate of drug-likeness (QED) is 0.771. The van der Waals surface area contributed by atoms with Crippen LogP contribution in [0.15, 0.2) is 36.4 Å². The molecule has 0 radical (unpaired) electrons. The Hall–Kier alpha value is -3.22. The van der Waals surface area contributed by atoms with Gasteiger partial charge < -0.3 is 25.0 Å². The van der Waals surface area contributed by atoms with E-state index < -0.39 is 0 Å². The third-order valence-electron chi connectivity index (χ3n) is 5.38. The van der Waals surface area contributed by atoms with E-state index in [1.807, 2.05) is 49.1 Å². The van der Waals surface area contributed by atoms with Gasteiger partial charge in [-0.05, 0) is 56.5 Å². The lowest BCUT2D eigenvalue weighted by atomic mass is 9.95. The molecule has 2 aliphatic heterocycles. The highest BCUT2D eigenvalue weighted by atomic mass is 16.5. The van der Waals surface area contributed by atoms with E-state index in [-0.39, 0.29) is 24.4 Å². The predicted molar refractivity (Wildman–Crippen MR) is 120 cm³/mol. The zero-order valence-corrected chi connectivity index (χ0v) is 18.1. The summed E-state index contributed by atoms with van der Waals surface area (Å²) in [5, 5.41) is 5.93. The van der Waals surface area contributed by atoms with Gasteiger partial charge in [0.1, 0.15) is 0 Å². The number of ether oxygens (including phenoxy) is 2. The second kappa shape index (κ2) is 9.29. The third kappa shape index (κ3) is 4.93. The second-order valence-electron chi connectivity index (χ2n) is 8.22. The lowest BCUT2D eigenvalue weighted by Crippen LogP contribution is -2.38. The van der Waals surface area contributed by atoms with Gasteiger partial charge in [0.2, 0.25) is 5.91 Å².